The van der Waals surface area contributed by atoms with Gasteiger partial charge in [0.25, 0.3) is 0 Å². The molecule has 0 saturated carbocycles. The fourth-order valence-electron chi connectivity index (χ4n) is 2.33. The molecule has 25 heavy (non-hydrogen) atoms. The molecule has 0 atom stereocenters. The molecule has 0 radical (unpaired) electrons. The predicted molar refractivity (Wildman–Crippen MR) is 97.1 cm³/mol. The van der Waals surface area contributed by atoms with Crippen molar-refractivity contribution in [2.75, 3.05) is 6.61 Å². The maximum atomic E-state index is 14.2. The zero-order chi connectivity index (χ0) is 17.1. The van der Waals surface area contributed by atoms with Gasteiger partial charge in [-0.1, -0.05) is 18.2 Å². The smallest absolute Gasteiger partial charge is 0.213 e. The Morgan fingerprint density at radius 3 is 2.60 bits per heavy atom. The highest BCUT2D eigenvalue weighted by atomic mass is 35.5. The van der Waals surface area contributed by atoms with Crippen molar-refractivity contribution in [3.05, 3.63) is 64.9 Å². The second-order valence-corrected chi connectivity index (χ2v) is 5.14. The van der Waals surface area contributed by atoms with Gasteiger partial charge in [-0.05, 0) is 42.8 Å². The normalized spacial score (nSPS) is 10.8. The molecule has 0 unspecified atom stereocenters. The first-order chi connectivity index (χ1) is 11.6. The van der Waals surface area contributed by atoms with Gasteiger partial charge in [-0.15, -0.1) is 12.4 Å². The van der Waals surface area contributed by atoms with E-state index in [4.69, 9.17) is 10.1 Å². The molecule has 2 aromatic carbocycles. The maximum Gasteiger partial charge on any atom is 0.213 e. The zero-order valence-electron chi connectivity index (χ0n) is 13.3. The van der Waals surface area contributed by atoms with Crippen LogP contribution in [0.3, 0.4) is 0 Å². The molecule has 0 amide bonds. The Labute approximate surface area is 149 Å². The van der Waals surface area contributed by atoms with Crippen molar-refractivity contribution in [1.29, 1.82) is 5.41 Å². The van der Waals surface area contributed by atoms with Gasteiger partial charge < -0.3 is 4.74 Å². The molecule has 0 fully saturated rings. The minimum Gasteiger partial charge on any atom is -0.478 e. The van der Waals surface area contributed by atoms with Gasteiger partial charge in [0.05, 0.1) is 12.3 Å². The lowest BCUT2D eigenvalue weighted by molar-refractivity contribution is 0.325. The quantitative estimate of drug-likeness (QED) is 0.517. The molecular weight excluding hydrogens is 348 g/mol. The number of hydrogen-bond acceptors (Lipinski definition) is 3. The Hall–Kier alpha value is -2.73. The molecule has 0 bridgehead atoms. The van der Waals surface area contributed by atoms with E-state index in [1.807, 2.05) is 0 Å². The van der Waals surface area contributed by atoms with Crippen LogP contribution < -0.4 is 0 Å². The molecule has 1 heterocycles. The van der Waals surface area contributed by atoms with E-state index in [0.717, 1.165) is 5.56 Å². The minimum atomic E-state index is -0.523. The van der Waals surface area contributed by atoms with Crippen molar-refractivity contribution in [1.82, 2.24) is 10.2 Å². The molecule has 3 aromatic rings. The number of ether oxygens (including phenoxy) is 1. The summed E-state index contributed by atoms with van der Waals surface area (Å²) in [6.45, 7) is 2.10. The highest BCUT2D eigenvalue weighted by molar-refractivity contribution is 5.98. The van der Waals surface area contributed by atoms with Crippen LogP contribution in [0.2, 0.25) is 0 Å². The fraction of sp³-hybridized carbons (Fsp3) is 0.111. The first-order valence-corrected chi connectivity index (χ1v) is 7.41. The lowest BCUT2D eigenvalue weighted by Crippen LogP contribution is -2.05. The SMILES string of the molecule is CCOC(=N)c1cc(F)c2n[nH]c(/C=C/c3ccc(F)cc3)c2c1.Cl. The highest BCUT2D eigenvalue weighted by Crippen LogP contribution is 2.23. The van der Waals surface area contributed by atoms with Crippen molar-refractivity contribution >= 4 is 41.4 Å². The Bertz CT molecular complexity index is 920. The van der Waals surface area contributed by atoms with Gasteiger partial charge in [-0.2, -0.15) is 5.10 Å². The predicted octanol–water partition coefficient (Wildman–Crippen LogP) is 4.80. The van der Waals surface area contributed by atoms with Crippen LogP contribution in [0, 0.1) is 17.0 Å². The lowest BCUT2D eigenvalue weighted by Gasteiger charge is -2.05. The second-order valence-electron chi connectivity index (χ2n) is 5.14. The number of aromatic amines is 1. The summed E-state index contributed by atoms with van der Waals surface area (Å²) in [6.07, 6.45) is 3.50. The summed E-state index contributed by atoms with van der Waals surface area (Å²) in [5.74, 6) is -0.919. The number of halogens is 3. The van der Waals surface area contributed by atoms with Crippen molar-refractivity contribution < 1.29 is 13.5 Å². The van der Waals surface area contributed by atoms with Crippen LogP contribution in [-0.4, -0.2) is 22.7 Å². The van der Waals surface area contributed by atoms with E-state index in [1.54, 1.807) is 37.3 Å². The zero-order valence-corrected chi connectivity index (χ0v) is 14.2. The molecule has 1 aromatic heterocycles. The second kappa shape index (κ2) is 7.90. The van der Waals surface area contributed by atoms with Gasteiger partial charge in [-0.25, -0.2) is 8.78 Å². The Kier molecular flexibility index (Phi) is 5.88. The lowest BCUT2D eigenvalue weighted by atomic mass is 10.1. The van der Waals surface area contributed by atoms with E-state index >= 15 is 0 Å². The third-order valence-corrected chi connectivity index (χ3v) is 3.51. The average molecular weight is 364 g/mol. The highest BCUT2D eigenvalue weighted by Gasteiger charge is 2.13. The number of rotatable bonds is 4. The summed E-state index contributed by atoms with van der Waals surface area (Å²) in [6, 6.07) is 8.90. The van der Waals surface area contributed by atoms with Crippen LogP contribution in [0.4, 0.5) is 8.78 Å². The molecule has 130 valence electrons. The Morgan fingerprint density at radius 1 is 1.20 bits per heavy atom. The van der Waals surface area contributed by atoms with Crippen molar-refractivity contribution in [3.63, 3.8) is 0 Å². The molecule has 4 nitrogen and oxygen atoms in total. The maximum absolute atomic E-state index is 14.2. The Balaban J connectivity index is 0.00000225. The first kappa shape index (κ1) is 18.6. The largest absolute Gasteiger partial charge is 0.478 e. The van der Waals surface area contributed by atoms with E-state index in [0.29, 0.717) is 23.3 Å². The molecule has 7 heteroatoms. The third kappa shape index (κ3) is 4.03. The van der Waals surface area contributed by atoms with E-state index in [-0.39, 0.29) is 29.6 Å². The van der Waals surface area contributed by atoms with Crippen LogP contribution >= 0.6 is 12.4 Å². The summed E-state index contributed by atoms with van der Waals surface area (Å²) in [7, 11) is 0. The van der Waals surface area contributed by atoms with Crippen LogP contribution in [-0.2, 0) is 4.74 Å². The van der Waals surface area contributed by atoms with Crippen LogP contribution in [0.5, 0.6) is 0 Å². The van der Waals surface area contributed by atoms with E-state index in [9.17, 15) is 8.78 Å². The van der Waals surface area contributed by atoms with Gasteiger partial charge >= 0.3 is 0 Å². The van der Waals surface area contributed by atoms with Gasteiger partial charge in [-0.3, -0.25) is 10.5 Å². The summed E-state index contributed by atoms with van der Waals surface area (Å²) < 4.78 is 32.2. The molecule has 0 spiro atoms. The minimum absolute atomic E-state index is 0. The number of nitrogens with one attached hydrogen (secondary N) is 2. The molecule has 0 aliphatic rings. The van der Waals surface area contributed by atoms with E-state index in [2.05, 4.69) is 10.2 Å². The fourth-order valence-corrected chi connectivity index (χ4v) is 2.33. The number of aromatic nitrogens is 2. The van der Waals surface area contributed by atoms with Crippen molar-refractivity contribution in [2.45, 2.75) is 6.92 Å². The van der Waals surface area contributed by atoms with Crippen molar-refractivity contribution in [3.8, 4) is 0 Å². The molecule has 3 rings (SSSR count). The van der Waals surface area contributed by atoms with Crippen LogP contribution in [0.25, 0.3) is 23.1 Å². The van der Waals surface area contributed by atoms with Gasteiger partial charge in [0, 0.05) is 10.9 Å². The molecular formula is C18H16ClF2N3O. The summed E-state index contributed by atoms with van der Waals surface area (Å²) in [5, 5.41) is 15.1. The molecule has 0 aliphatic carbocycles. The topological polar surface area (TPSA) is 61.8 Å². The van der Waals surface area contributed by atoms with Crippen LogP contribution in [0.1, 0.15) is 23.7 Å². The summed E-state index contributed by atoms with van der Waals surface area (Å²) >= 11 is 0. The number of benzene rings is 2. The molecule has 2 N–H and O–H groups in total. The number of nitrogens with zero attached hydrogens (tertiary/aromatic N) is 1. The van der Waals surface area contributed by atoms with E-state index in [1.165, 1.54) is 18.2 Å². The number of fused-ring (bicyclic) bond motifs is 1. The Morgan fingerprint density at radius 2 is 1.92 bits per heavy atom. The standard InChI is InChI=1S/C18H15F2N3O.ClH/c1-2-24-18(21)12-9-14-16(22-23-17(14)15(20)10-12)8-5-11-3-6-13(19)7-4-11;/h3-10,21H,2H2,1H3,(H,22,23);1H/b8-5+,21-18?;. The monoisotopic (exact) mass is 363 g/mol. The first-order valence-electron chi connectivity index (χ1n) is 7.41. The van der Waals surface area contributed by atoms with Gasteiger partial charge in [0.1, 0.15) is 11.3 Å². The van der Waals surface area contributed by atoms with Crippen LogP contribution in [0.15, 0.2) is 36.4 Å². The summed E-state index contributed by atoms with van der Waals surface area (Å²) in [4.78, 5) is 0. The van der Waals surface area contributed by atoms with Gasteiger partial charge in [0.2, 0.25) is 5.90 Å². The third-order valence-electron chi connectivity index (χ3n) is 3.51. The van der Waals surface area contributed by atoms with Gasteiger partial charge in [0.15, 0.2) is 5.82 Å². The number of hydrogen-bond donors (Lipinski definition) is 2. The molecule has 0 saturated heterocycles. The van der Waals surface area contributed by atoms with Crippen molar-refractivity contribution in [2.24, 2.45) is 0 Å². The summed E-state index contributed by atoms with van der Waals surface area (Å²) in [5.41, 5.74) is 1.94. The number of H-pyrrole nitrogens is 1. The van der Waals surface area contributed by atoms with E-state index < -0.39 is 5.82 Å². The average Bonchev–Trinajstić information content (AvgIpc) is 2.98. The molecule has 0 aliphatic heterocycles.